The van der Waals surface area contributed by atoms with E-state index in [1.165, 1.54) is 11.1 Å². The minimum Gasteiger partial charge on any atom is -0.311 e. The fourth-order valence-electron chi connectivity index (χ4n) is 1.92. The molecule has 3 heteroatoms. The van der Waals surface area contributed by atoms with Gasteiger partial charge in [0.25, 0.3) is 0 Å². The van der Waals surface area contributed by atoms with Crippen LogP contribution < -0.4 is 5.32 Å². The van der Waals surface area contributed by atoms with Crippen molar-refractivity contribution in [3.63, 3.8) is 0 Å². The predicted octanol–water partition coefficient (Wildman–Crippen LogP) is 2.15. The van der Waals surface area contributed by atoms with Gasteiger partial charge in [0, 0.05) is 12.4 Å². The van der Waals surface area contributed by atoms with E-state index in [4.69, 9.17) is 0 Å². The molecule has 1 unspecified atom stereocenters. The zero-order valence-electron chi connectivity index (χ0n) is 9.72. The Kier molecular flexibility index (Phi) is 3.37. The number of hydrogen-bond donors (Lipinski definition) is 1. The molecule has 0 saturated carbocycles. The van der Waals surface area contributed by atoms with Crippen LogP contribution in [0.1, 0.15) is 17.2 Å². The van der Waals surface area contributed by atoms with Crippen LogP contribution in [0.25, 0.3) is 0 Å². The Morgan fingerprint density at radius 2 is 2.12 bits per heavy atom. The number of rotatable bonds is 4. The molecular formula is C13H17N3. The molecule has 0 radical (unpaired) electrons. The van der Waals surface area contributed by atoms with Gasteiger partial charge in [0.05, 0.1) is 12.6 Å². The van der Waals surface area contributed by atoms with Crippen LogP contribution >= 0.6 is 0 Å². The summed E-state index contributed by atoms with van der Waals surface area (Å²) in [5.74, 6) is 0. The Balaban J connectivity index is 2.20. The van der Waals surface area contributed by atoms with Crippen molar-refractivity contribution in [2.75, 3.05) is 7.05 Å². The second-order valence-corrected chi connectivity index (χ2v) is 3.93. The average Bonchev–Trinajstić information content (AvgIpc) is 2.80. The Morgan fingerprint density at radius 1 is 1.31 bits per heavy atom. The van der Waals surface area contributed by atoms with Crippen molar-refractivity contribution in [1.82, 2.24) is 15.1 Å². The lowest BCUT2D eigenvalue weighted by molar-refractivity contribution is 0.467. The van der Waals surface area contributed by atoms with Gasteiger partial charge < -0.3 is 5.32 Å². The van der Waals surface area contributed by atoms with E-state index >= 15 is 0 Å². The molecule has 0 spiro atoms. The van der Waals surface area contributed by atoms with Gasteiger partial charge in [-0.2, -0.15) is 5.10 Å². The lowest BCUT2D eigenvalue weighted by Crippen LogP contribution is -2.23. The van der Waals surface area contributed by atoms with E-state index < -0.39 is 0 Å². The molecule has 1 aromatic heterocycles. The van der Waals surface area contributed by atoms with Crippen LogP contribution in [0.5, 0.6) is 0 Å². The zero-order chi connectivity index (χ0) is 11.4. The first kappa shape index (κ1) is 10.9. The molecule has 0 aliphatic carbocycles. The van der Waals surface area contributed by atoms with Crippen LogP contribution in [0, 0.1) is 6.92 Å². The van der Waals surface area contributed by atoms with Gasteiger partial charge in [-0.05, 0) is 31.2 Å². The van der Waals surface area contributed by atoms with Crippen LogP contribution in [-0.4, -0.2) is 16.8 Å². The lowest BCUT2D eigenvalue weighted by atomic mass is 10.0. The van der Waals surface area contributed by atoms with Crippen molar-refractivity contribution in [2.45, 2.75) is 19.5 Å². The van der Waals surface area contributed by atoms with Crippen molar-refractivity contribution in [3.8, 4) is 0 Å². The monoisotopic (exact) mass is 215 g/mol. The average molecular weight is 215 g/mol. The summed E-state index contributed by atoms with van der Waals surface area (Å²) in [5.41, 5.74) is 2.65. The first-order valence-electron chi connectivity index (χ1n) is 5.51. The smallest absolute Gasteiger partial charge is 0.0604 e. The third-order valence-corrected chi connectivity index (χ3v) is 2.84. The summed E-state index contributed by atoms with van der Waals surface area (Å²) in [6.07, 6.45) is 3.80. The van der Waals surface area contributed by atoms with E-state index in [0.29, 0.717) is 6.04 Å². The first-order valence-corrected chi connectivity index (χ1v) is 5.51. The molecular weight excluding hydrogens is 198 g/mol. The Morgan fingerprint density at radius 3 is 2.75 bits per heavy atom. The fraction of sp³-hybridized carbons (Fsp3) is 0.308. The van der Waals surface area contributed by atoms with Crippen LogP contribution in [0.2, 0.25) is 0 Å². The highest BCUT2D eigenvalue weighted by molar-refractivity contribution is 5.28. The van der Waals surface area contributed by atoms with Gasteiger partial charge in [-0.15, -0.1) is 0 Å². The van der Waals surface area contributed by atoms with E-state index in [9.17, 15) is 0 Å². The summed E-state index contributed by atoms with van der Waals surface area (Å²) in [6, 6.07) is 10.7. The Bertz CT molecular complexity index is 434. The molecule has 0 saturated heterocycles. The summed E-state index contributed by atoms with van der Waals surface area (Å²) in [4.78, 5) is 0. The molecule has 16 heavy (non-hydrogen) atoms. The molecule has 1 aromatic carbocycles. The van der Waals surface area contributed by atoms with E-state index in [0.717, 1.165) is 6.54 Å². The molecule has 1 atom stereocenters. The molecule has 84 valence electrons. The molecule has 2 aromatic rings. The highest BCUT2D eigenvalue weighted by atomic mass is 15.3. The molecule has 0 aliphatic heterocycles. The van der Waals surface area contributed by atoms with Gasteiger partial charge in [-0.1, -0.05) is 24.3 Å². The summed E-state index contributed by atoms with van der Waals surface area (Å²) < 4.78 is 1.95. The van der Waals surface area contributed by atoms with Crippen LogP contribution in [0.3, 0.4) is 0 Å². The molecule has 2 rings (SSSR count). The van der Waals surface area contributed by atoms with Crippen molar-refractivity contribution in [3.05, 3.63) is 53.9 Å². The molecule has 0 fully saturated rings. The molecule has 0 aliphatic rings. The maximum atomic E-state index is 4.24. The second kappa shape index (κ2) is 4.94. The van der Waals surface area contributed by atoms with Gasteiger partial charge in [-0.3, -0.25) is 4.68 Å². The molecule has 1 N–H and O–H groups in total. The minimum atomic E-state index is 0.307. The normalized spacial score (nSPS) is 12.6. The Hall–Kier alpha value is -1.61. The number of aryl methyl sites for hydroxylation is 1. The first-order chi connectivity index (χ1) is 7.81. The van der Waals surface area contributed by atoms with Crippen molar-refractivity contribution in [1.29, 1.82) is 0 Å². The molecule has 1 heterocycles. The van der Waals surface area contributed by atoms with Crippen molar-refractivity contribution >= 4 is 0 Å². The van der Waals surface area contributed by atoms with Crippen molar-refractivity contribution < 1.29 is 0 Å². The highest BCUT2D eigenvalue weighted by Crippen LogP contribution is 2.18. The second-order valence-electron chi connectivity index (χ2n) is 3.93. The Labute approximate surface area is 96.1 Å². The minimum absolute atomic E-state index is 0.307. The maximum Gasteiger partial charge on any atom is 0.0604 e. The summed E-state index contributed by atoms with van der Waals surface area (Å²) >= 11 is 0. The van der Waals surface area contributed by atoms with E-state index in [1.54, 1.807) is 0 Å². The quantitative estimate of drug-likeness (QED) is 0.847. The van der Waals surface area contributed by atoms with Crippen LogP contribution in [0.15, 0.2) is 42.7 Å². The fourth-order valence-corrected chi connectivity index (χ4v) is 1.92. The highest BCUT2D eigenvalue weighted by Gasteiger charge is 2.11. The van der Waals surface area contributed by atoms with Gasteiger partial charge in [-0.25, -0.2) is 0 Å². The van der Waals surface area contributed by atoms with Gasteiger partial charge in [0.1, 0.15) is 0 Å². The standard InChI is InChI=1S/C13H17N3/c1-11-6-3-4-7-12(11)13(14-2)10-16-9-5-8-15-16/h3-9,13-14H,10H2,1-2H3. The molecule has 0 amide bonds. The number of hydrogen-bond acceptors (Lipinski definition) is 2. The third-order valence-electron chi connectivity index (χ3n) is 2.84. The molecule has 3 nitrogen and oxygen atoms in total. The topological polar surface area (TPSA) is 29.9 Å². The number of nitrogens with zero attached hydrogens (tertiary/aromatic N) is 2. The van der Waals surface area contributed by atoms with Crippen molar-refractivity contribution in [2.24, 2.45) is 0 Å². The third kappa shape index (κ3) is 2.31. The predicted molar refractivity (Wildman–Crippen MR) is 65.2 cm³/mol. The summed E-state index contributed by atoms with van der Waals surface area (Å²) in [7, 11) is 1.99. The van der Waals surface area contributed by atoms with Crippen LogP contribution in [0.4, 0.5) is 0 Å². The zero-order valence-corrected chi connectivity index (χ0v) is 9.72. The van der Waals surface area contributed by atoms with E-state index in [2.05, 4.69) is 41.6 Å². The van der Waals surface area contributed by atoms with Gasteiger partial charge in [0.15, 0.2) is 0 Å². The number of likely N-dealkylation sites (N-methyl/N-ethyl adjacent to an activating group) is 1. The molecule has 0 bridgehead atoms. The number of benzene rings is 1. The van der Waals surface area contributed by atoms with E-state index in [-0.39, 0.29) is 0 Å². The summed E-state index contributed by atoms with van der Waals surface area (Å²) in [5, 5.41) is 7.57. The lowest BCUT2D eigenvalue weighted by Gasteiger charge is -2.18. The van der Waals surface area contributed by atoms with Gasteiger partial charge in [0.2, 0.25) is 0 Å². The number of nitrogens with one attached hydrogen (secondary N) is 1. The number of aromatic nitrogens is 2. The van der Waals surface area contributed by atoms with Gasteiger partial charge >= 0.3 is 0 Å². The maximum absolute atomic E-state index is 4.24. The largest absolute Gasteiger partial charge is 0.311 e. The SMILES string of the molecule is CNC(Cn1cccn1)c1ccccc1C. The summed E-state index contributed by atoms with van der Waals surface area (Å²) in [6.45, 7) is 3.00. The van der Waals surface area contributed by atoms with Crippen LogP contribution in [-0.2, 0) is 6.54 Å². The van der Waals surface area contributed by atoms with E-state index in [1.807, 2.05) is 30.2 Å².